The fourth-order valence-electron chi connectivity index (χ4n) is 2.14. The van der Waals surface area contributed by atoms with Crippen LogP contribution in [0.25, 0.3) is 0 Å². The first-order valence-electron chi connectivity index (χ1n) is 5.38. The van der Waals surface area contributed by atoms with Crippen LogP contribution in [-0.2, 0) is 11.4 Å². The maximum atomic E-state index is 5.31. The molecule has 2 rings (SSSR count). The summed E-state index contributed by atoms with van der Waals surface area (Å²) in [6.07, 6.45) is 1.08. The molecule has 1 atom stereocenters. The molecule has 3 nitrogen and oxygen atoms in total. The molecule has 3 heteroatoms. The predicted molar refractivity (Wildman–Crippen MR) is 60.3 cm³/mol. The molecule has 0 fully saturated rings. The minimum absolute atomic E-state index is 0.362. The van der Waals surface area contributed by atoms with E-state index in [1.807, 2.05) is 12.1 Å². The molecule has 0 bridgehead atoms. The zero-order valence-electron chi connectivity index (χ0n) is 9.36. The number of nitrogens with zero attached hydrogens (tertiary/aromatic N) is 1. The van der Waals surface area contributed by atoms with Crippen molar-refractivity contribution in [2.24, 2.45) is 0 Å². The number of benzene rings is 1. The van der Waals surface area contributed by atoms with Gasteiger partial charge in [-0.3, -0.25) is 0 Å². The Hall–Kier alpha value is -0.900. The second-order valence-electron chi connectivity index (χ2n) is 3.91. The second kappa shape index (κ2) is 4.75. The highest BCUT2D eigenvalue weighted by atomic mass is 16.7. The standard InChI is InChI=1S/C12H18N2O/c1-14(15-2)12-7-8-13-9-10-5-3-4-6-11(10)12/h3-6,12-13H,7-9H2,1-2H3. The van der Waals surface area contributed by atoms with Gasteiger partial charge in [-0.1, -0.05) is 24.3 Å². The van der Waals surface area contributed by atoms with Gasteiger partial charge in [0.1, 0.15) is 0 Å². The van der Waals surface area contributed by atoms with Crippen LogP contribution < -0.4 is 5.32 Å². The van der Waals surface area contributed by atoms with Crippen LogP contribution in [0.3, 0.4) is 0 Å². The maximum Gasteiger partial charge on any atom is 0.0613 e. The van der Waals surface area contributed by atoms with E-state index >= 15 is 0 Å². The van der Waals surface area contributed by atoms with Crippen molar-refractivity contribution in [1.29, 1.82) is 0 Å². The van der Waals surface area contributed by atoms with E-state index in [9.17, 15) is 0 Å². The van der Waals surface area contributed by atoms with Gasteiger partial charge in [-0.2, -0.15) is 5.06 Å². The highest BCUT2D eigenvalue weighted by Crippen LogP contribution is 2.27. The van der Waals surface area contributed by atoms with Crippen molar-refractivity contribution in [3.05, 3.63) is 35.4 Å². The van der Waals surface area contributed by atoms with Crippen LogP contribution in [-0.4, -0.2) is 25.8 Å². The SMILES string of the molecule is CON(C)C1CCNCc2ccccc21. The van der Waals surface area contributed by atoms with Crippen LogP contribution in [0.5, 0.6) is 0 Å². The maximum absolute atomic E-state index is 5.31. The normalized spacial score (nSPS) is 21.1. The molecule has 0 saturated carbocycles. The Morgan fingerprint density at radius 2 is 2.20 bits per heavy atom. The summed E-state index contributed by atoms with van der Waals surface area (Å²) in [6.45, 7) is 2.00. The number of rotatable bonds is 2. The Morgan fingerprint density at radius 3 is 3.00 bits per heavy atom. The lowest BCUT2D eigenvalue weighted by atomic mass is 9.99. The van der Waals surface area contributed by atoms with E-state index in [0.29, 0.717) is 6.04 Å². The monoisotopic (exact) mass is 206 g/mol. The summed E-state index contributed by atoms with van der Waals surface area (Å²) in [5.41, 5.74) is 2.76. The third-order valence-corrected chi connectivity index (χ3v) is 3.05. The summed E-state index contributed by atoms with van der Waals surface area (Å²) in [5.74, 6) is 0. The minimum atomic E-state index is 0.362. The molecule has 1 heterocycles. The van der Waals surface area contributed by atoms with Crippen molar-refractivity contribution < 1.29 is 4.84 Å². The van der Waals surface area contributed by atoms with Crippen molar-refractivity contribution in [2.45, 2.75) is 19.0 Å². The molecular formula is C12H18N2O. The average Bonchev–Trinajstić information content (AvgIpc) is 2.50. The Kier molecular flexibility index (Phi) is 3.36. The van der Waals surface area contributed by atoms with Crippen molar-refractivity contribution in [2.75, 3.05) is 20.7 Å². The van der Waals surface area contributed by atoms with Gasteiger partial charge in [0.15, 0.2) is 0 Å². The van der Waals surface area contributed by atoms with E-state index in [2.05, 4.69) is 29.6 Å². The first kappa shape index (κ1) is 10.6. The van der Waals surface area contributed by atoms with Crippen LogP contribution in [0, 0.1) is 0 Å². The predicted octanol–water partition coefficient (Wildman–Crippen LogP) is 1.71. The third-order valence-electron chi connectivity index (χ3n) is 3.05. The molecule has 82 valence electrons. The van der Waals surface area contributed by atoms with Crippen molar-refractivity contribution in [3.63, 3.8) is 0 Å². The number of hydrogen-bond donors (Lipinski definition) is 1. The Balaban J connectivity index is 2.32. The third kappa shape index (κ3) is 2.20. The molecule has 1 aliphatic rings. The fourth-order valence-corrected chi connectivity index (χ4v) is 2.14. The molecule has 1 unspecified atom stereocenters. The molecule has 15 heavy (non-hydrogen) atoms. The van der Waals surface area contributed by atoms with Crippen LogP contribution in [0.2, 0.25) is 0 Å². The Labute approximate surface area is 91.0 Å². The van der Waals surface area contributed by atoms with Crippen molar-refractivity contribution >= 4 is 0 Å². The fraction of sp³-hybridized carbons (Fsp3) is 0.500. The first-order chi connectivity index (χ1) is 7.33. The van der Waals surface area contributed by atoms with E-state index in [0.717, 1.165) is 19.5 Å². The smallest absolute Gasteiger partial charge is 0.0613 e. The Morgan fingerprint density at radius 1 is 1.40 bits per heavy atom. The number of hydrogen-bond acceptors (Lipinski definition) is 3. The van der Waals surface area contributed by atoms with Gasteiger partial charge in [0.05, 0.1) is 13.2 Å². The molecule has 0 aromatic heterocycles. The molecule has 1 aromatic rings. The van der Waals surface area contributed by atoms with Gasteiger partial charge in [-0.05, 0) is 24.1 Å². The molecular weight excluding hydrogens is 188 g/mol. The lowest BCUT2D eigenvalue weighted by molar-refractivity contribution is -0.143. The van der Waals surface area contributed by atoms with Gasteiger partial charge in [0.2, 0.25) is 0 Å². The molecule has 0 spiro atoms. The largest absolute Gasteiger partial charge is 0.313 e. The second-order valence-corrected chi connectivity index (χ2v) is 3.91. The number of fused-ring (bicyclic) bond motifs is 1. The van der Waals surface area contributed by atoms with Gasteiger partial charge in [0.25, 0.3) is 0 Å². The summed E-state index contributed by atoms with van der Waals surface area (Å²) < 4.78 is 0. The van der Waals surface area contributed by atoms with Crippen molar-refractivity contribution in [1.82, 2.24) is 10.4 Å². The summed E-state index contributed by atoms with van der Waals surface area (Å²) in [5, 5.41) is 5.37. The summed E-state index contributed by atoms with van der Waals surface area (Å²) in [7, 11) is 3.72. The molecule has 0 radical (unpaired) electrons. The van der Waals surface area contributed by atoms with Gasteiger partial charge < -0.3 is 10.2 Å². The van der Waals surface area contributed by atoms with E-state index in [4.69, 9.17) is 4.84 Å². The molecule has 1 aliphatic heterocycles. The minimum Gasteiger partial charge on any atom is -0.313 e. The molecule has 0 amide bonds. The Bertz CT molecular complexity index is 327. The molecule has 1 aromatic carbocycles. The summed E-state index contributed by atoms with van der Waals surface area (Å²) in [6, 6.07) is 8.93. The zero-order valence-corrected chi connectivity index (χ0v) is 9.36. The number of hydroxylamine groups is 2. The summed E-state index contributed by atoms with van der Waals surface area (Å²) in [4.78, 5) is 5.31. The summed E-state index contributed by atoms with van der Waals surface area (Å²) >= 11 is 0. The van der Waals surface area contributed by atoms with Crippen LogP contribution in [0.1, 0.15) is 23.6 Å². The van der Waals surface area contributed by atoms with Gasteiger partial charge >= 0.3 is 0 Å². The van der Waals surface area contributed by atoms with Crippen molar-refractivity contribution in [3.8, 4) is 0 Å². The highest BCUT2D eigenvalue weighted by Gasteiger charge is 2.21. The van der Waals surface area contributed by atoms with Gasteiger partial charge in [0, 0.05) is 13.6 Å². The first-order valence-corrected chi connectivity index (χ1v) is 5.38. The van der Waals surface area contributed by atoms with E-state index in [-0.39, 0.29) is 0 Å². The lowest BCUT2D eigenvalue weighted by Gasteiger charge is -2.26. The zero-order chi connectivity index (χ0) is 10.7. The van der Waals surface area contributed by atoms with Crippen LogP contribution in [0.15, 0.2) is 24.3 Å². The lowest BCUT2D eigenvalue weighted by Crippen LogP contribution is -2.24. The van der Waals surface area contributed by atoms with E-state index in [1.54, 1.807) is 7.11 Å². The van der Waals surface area contributed by atoms with Gasteiger partial charge in [-0.25, -0.2) is 0 Å². The van der Waals surface area contributed by atoms with Gasteiger partial charge in [-0.15, -0.1) is 0 Å². The average molecular weight is 206 g/mol. The quantitative estimate of drug-likeness (QED) is 0.746. The number of nitrogens with one attached hydrogen (secondary N) is 1. The van der Waals surface area contributed by atoms with Crippen LogP contribution in [0.4, 0.5) is 0 Å². The van der Waals surface area contributed by atoms with E-state index in [1.165, 1.54) is 11.1 Å². The molecule has 0 saturated heterocycles. The van der Waals surface area contributed by atoms with Crippen LogP contribution >= 0.6 is 0 Å². The molecule has 1 N–H and O–H groups in total. The topological polar surface area (TPSA) is 24.5 Å². The molecule has 0 aliphatic carbocycles. The highest BCUT2D eigenvalue weighted by molar-refractivity contribution is 5.30. The van der Waals surface area contributed by atoms with E-state index < -0.39 is 0 Å².